The zero-order valence-electron chi connectivity index (χ0n) is 12.9. The molecular weight excluding hydrogens is 282 g/mol. The molecule has 1 aliphatic rings. The van der Waals surface area contributed by atoms with Crippen molar-refractivity contribution in [3.05, 3.63) is 29.8 Å². The molecular formula is C17H23NO4. The molecule has 0 aromatic heterocycles. The Balaban J connectivity index is 1.90. The number of hydrogen-bond donors (Lipinski definition) is 2. The standard InChI is InChI=1S/C17H23NO4/c1-12(22-15-9-4-2-3-5-10-15)16(19)18-14-8-6-7-13(11-14)17(20)21/h6-8,11-12,15H,2-5,9-10H2,1H3,(H,18,19)(H,20,21). The molecule has 0 bridgehead atoms. The minimum Gasteiger partial charge on any atom is -0.478 e. The van der Waals surface area contributed by atoms with Crippen LogP contribution < -0.4 is 5.32 Å². The molecule has 1 aromatic rings. The van der Waals surface area contributed by atoms with Crippen molar-refractivity contribution in [2.24, 2.45) is 0 Å². The van der Waals surface area contributed by atoms with E-state index in [-0.39, 0.29) is 17.6 Å². The van der Waals surface area contributed by atoms with Crippen molar-refractivity contribution in [3.8, 4) is 0 Å². The number of hydrogen-bond acceptors (Lipinski definition) is 3. The van der Waals surface area contributed by atoms with E-state index in [1.165, 1.54) is 25.0 Å². The second kappa shape index (κ2) is 7.94. The molecule has 1 fully saturated rings. The summed E-state index contributed by atoms with van der Waals surface area (Å²) in [6.07, 6.45) is 6.40. The number of rotatable bonds is 5. The van der Waals surface area contributed by atoms with E-state index in [0.717, 1.165) is 25.7 Å². The molecule has 0 radical (unpaired) electrons. The highest BCUT2D eigenvalue weighted by atomic mass is 16.5. The summed E-state index contributed by atoms with van der Waals surface area (Å²) in [5, 5.41) is 11.7. The first-order valence-corrected chi connectivity index (χ1v) is 7.86. The first-order chi connectivity index (χ1) is 10.6. The number of anilines is 1. The molecule has 1 amide bonds. The van der Waals surface area contributed by atoms with Crippen LogP contribution in [0.25, 0.3) is 0 Å². The smallest absolute Gasteiger partial charge is 0.335 e. The van der Waals surface area contributed by atoms with Gasteiger partial charge in [-0.2, -0.15) is 0 Å². The lowest BCUT2D eigenvalue weighted by Crippen LogP contribution is -2.31. The van der Waals surface area contributed by atoms with E-state index >= 15 is 0 Å². The van der Waals surface area contributed by atoms with Crippen LogP contribution in [0, 0.1) is 0 Å². The summed E-state index contributed by atoms with van der Waals surface area (Å²) in [7, 11) is 0. The van der Waals surface area contributed by atoms with Gasteiger partial charge in [-0.1, -0.05) is 31.7 Å². The van der Waals surface area contributed by atoms with Crippen molar-refractivity contribution in [1.82, 2.24) is 0 Å². The number of carboxylic acid groups (broad SMARTS) is 1. The molecule has 0 aliphatic heterocycles. The third-order valence-electron chi connectivity index (χ3n) is 3.95. The van der Waals surface area contributed by atoms with Gasteiger partial charge in [0.25, 0.3) is 5.91 Å². The topological polar surface area (TPSA) is 75.6 Å². The van der Waals surface area contributed by atoms with E-state index in [1.807, 2.05) is 0 Å². The van der Waals surface area contributed by atoms with Crippen LogP contribution in [0.3, 0.4) is 0 Å². The van der Waals surface area contributed by atoms with Crippen LogP contribution in [0.2, 0.25) is 0 Å². The lowest BCUT2D eigenvalue weighted by atomic mass is 10.1. The average molecular weight is 305 g/mol. The van der Waals surface area contributed by atoms with Gasteiger partial charge in [0, 0.05) is 5.69 Å². The third-order valence-corrected chi connectivity index (χ3v) is 3.95. The van der Waals surface area contributed by atoms with Gasteiger partial charge in [0.1, 0.15) is 6.10 Å². The fourth-order valence-corrected chi connectivity index (χ4v) is 2.70. The van der Waals surface area contributed by atoms with Crippen molar-refractivity contribution < 1.29 is 19.4 Å². The van der Waals surface area contributed by atoms with Gasteiger partial charge in [0.05, 0.1) is 11.7 Å². The summed E-state index contributed by atoms with van der Waals surface area (Å²) in [5.41, 5.74) is 0.622. The van der Waals surface area contributed by atoms with Crippen molar-refractivity contribution in [2.75, 3.05) is 5.32 Å². The van der Waals surface area contributed by atoms with Gasteiger partial charge in [0.15, 0.2) is 0 Å². The lowest BCUT2D eigenvalue weighted by molar-refractivity contribution is -0.130. The van der Waals surface area contributed by atoms with Crippen molar-refractivity contribution in [2.45, 2.75) is 57.7 Å². The molecule has 2 rings (SSSR count). The van der Waals surface area contributed by atoms with Crippen LogP contribution in [0.5, 0.6) is 0 Å². The Morgan fingerprint density at radius 1 is 1.23 bits per heavy atom. The maximum atomic E-state index is 12.2. The molecule has 0 spiro atoms. The Bertz CT molecular complexity index is 521. The predicted molar refractivity (Wildman–Crippen MR) is 84.1 cm³/mol. The minimum atomic E-state index is -1.01. The number of nitrogens with one attached hydrogen (secondary N) is 1. The molecule has 120 valence electrons. The number of benzene rings is 1. The second-order valence-corrected chi connectivity index (χ2v) is 5.77. The molecule has 1 atom stereocenters. The SMILES string of the molecule is CC(OC1CCCCCC1)C(=O)Nc1cccc(C(=O)O)c1. The molecule has 1 aliphatic carbocycles. The van der Waals surface area contributed by atoms with E-state index in [2.05, 4.69) is 5.32 Å². The molecule has 22 heavy (non-hydrogen) atoms. The maximum absolute atomic E-state index is 12.2. The molecule has 5 heteroatoms. The fourth-order valence-electron chi connectivity index (χ4n) is 2.70. The summed E-state index contributed by atoms with van der Waals surface area (Å²) < 4.78 is 5.85. The second-order valence-electron chi connectivity index (χ2n) is 5.77. The highest BCUT2D eigenvalue weighted by Crippen LogP contribution is 2.21. The average Bonchev–Trinajstić information content (AvgIpc) is 2.76. The number of carboxylic acids is 1. The Morgan fingerprint density at radius 3 is 2.55 bits per heavy atom. The zero-order chi connectivity index (χ0) is 15.9. The monoisotopic (exact) mass is 305 g/mol. The summed E-state index contributed by atoms with van der Waals surface area (Å²) >= 11 is 0. The van der Waals surface area contributed by atoms with Gasteiger partial charge < -0.3 is 15.2 Å². The largest absolute Gasteiger partial charge is 0.478 e. The fraction of sp³-hybridized carbons (Fsp3) is 0.529. The summed E-state index contributed by atoms with van der Waals surface area (Å²) in [4.78, 5) is 23.1. The van der Waals surface area contributed by atoms with Gasteiger partial charge in [-0.25, -0.2) is 4.79 Å². The number of carbonyl (C=O) groups excluding carboxylic acids is 1. The number of ether oxygens (including phenoxy) is 1. The predicted octanol–water partition coefficient (Wildman–Crippen LogP) is 3.45. The van der Waals surface area contributed by atoms with E-state index < -0.39 is 12.1 Å². The third kappa shape index (κ3) is 4.84. The van der Waals surface area contributed by atoms with Crippen molar-refractivity contribution >= 4 is 17.6 Å². The first-order valence-electron chi connectivity index (χ1n) is 7.86. The highest BCUT2D eigenvalue weighted by Gasteiger charge is 2.20. The molecule has 1 aromatic carbocycles. The van der Waals surface area contributed by atoms with Crippen molar-refractivity contribution in [3.63, 3.8) is 0 Å². The molecule has 5 nitrogen and oxygen atoms in total. The van der Waals surface area contributed by atoms with Crippen LogP contribution in [-0.4, -0.2) is 29.2 Å². The number of amides is 1. The van der Waals surface area contributed by atoms with Crippen LogP contribution in [-0.2, 0) is 9.53 Å². The van der Waals surface area contributed by atoms with Crippen LogP contribution >= 0.6 is 0 Å². The maximum Gasteiger partial charge on any atom is 0.335 e. The van der Waals surface area contributed by atoms with Crippen LogP contribution in [0.4, 0.5) is 5.69 Å². The molecule has 1 saturated carbocycles. The number of aromatic carboxylic acids is 1. The zero-order valence-corrected chi connectivity index (χ0v) is 12.9. The van der Waals surface area contributed by atoms with Gasteiger partial charge in [-0.15, -0.1) is 0 Å². The first kappa shape index (κ1) is 16.5. The lowest BCUT2D eigenvalue weighted by Gasteiger charge is -2.20. The minimum absolute atomic E-state index is 0.147. The summed E-state index contributed by atoms with van der Waals surface area (Å²) in [6.45, 7) is 1.74. The van der Waals surface area contributed by atoms with Gasteiger partial charge >= 0.3 is 5.97 Å². The molecule has 0 saturated heterocycles. The van der Waals surface area contributed by atoms with E-state index in [9.17, 15) is 9.59 Å². The van der Waals surface area contributed by atoms with Gasteiger partial charge in [0.2, 0.25) is 0 Å². The Labute approximate surface area is 130 Å². The number of carbonyl (C=O) groups is 2. The van der Waals surface area contributed by atoms with Gasteiger partial charge in [-0.05, 0) is 38.0 Å². The Kier molecular flexibility index (Phi) is 5.95. The quantitative estimate of drug-likeness (QED) is 0.817. The van der Waals surface area contributed by atoms with Crippen LogP contribution in [0.1, 0.15) is 55.8 Å². The Hall–Kier alpha value is -1.88. The van der Waals surface area contributed by atoms with Crippen molar-refractivity contribution in [1.29, 1.82) is 0 Å². The molecule has 2 N–H and O–H groups in total. The molecule has 0 heterocycles. The van der Waals surface area contributed by atoms with E-state index in [1.54, 1.807) is 19.1 Å². The van der Waals surface area contributed by atoms with E-state index in [0.29, 0.717) is 5.69 Å². The summed E-state index contributed by atoms with van der Waals surface area (Å²) in [5.74, 6) is -1.26. The van der Waals surface area contributed by atoms with E-state index in [4.69, 9.17) is 9.84 Å². The van der Waals surface area contributed by atoms with Gasteiger partial charge in [-0.3, -0.25) is 4.79 Å². The highest BCUT2D eigenvalue weighted by molar-refractivity contribution is 5.95. The summed E-state index contributed by atoms with van der Waals surface area (Å²) in [6, 6.07) is 6.21. The van der Waals surface area contributed by atoms with Crippen LogP contribution in [0.15, 0.2) is 24.3 Å². The molecule has 1 unspecified atom stereocenters. The Morgan fingerprint density at radius 2 is 1.91 bits per heavy atom. The normalized spacial score (nSPS) is 17.5.